The molecule has 0 fully saturated rings. The fourth-order valence-corrected chi connectivity index (χ4v) is 1.54. The van der Waals surface area contributed by atoms with E-state index in [9.17, 15) is 9.59 Å². The van der Waals surface area contributed by atoms with Crippen LogP contribution in [-0.2, 0) is 4.79 Å². The van der Waals surface area contributed by atoms with E-state index in [-0.39, 0.29) is 17.2 Å². The molecular formula is C12H15ClN2O3. The zero-order chi connectivity index (χ0) is 13.9. The summed E-state index contributed by atoms with van der Waals surface area (Å²) in [7, 11) is 0. The van der Waals surface area contributed by atoms with E-state index in [4.69, 9.17) is 22.4 Å². The van der Waals surface area contributed by atoms with E-state index in [1.165, 1.54) is 18.2 Å². The lowest BCUT2D eigenvalue weighted by atomic mass is 10.0. The quantitative estimate of drug-likeness (QED) is 0.727. The van der Waals surface area contributed by atoms with Gasteiger partial charge in [0.05, 0.1) is 10.7 Å². The molecule has 1 amide bonds. The predicted octanol–water partition coefficient (Wildman–Crippen LogP) is 1.76. The lowest BCUT2D eigenvalue weighted by Gasteiger charge is -2.18. The second kappa shape index (κ2) is 5.73. The van der Waals surface area contributed by atoms with E-state index in [2.05, 4.69) is 5.32 Å². The van der Waals surface area contributed by atoms with Gasteiger partial charge in [0.25, 0.3) is 5.91 Å². The van der Waals surface area contributed by atoms with Crippen molar-refractivity contribution in [2.45, 2.75) is 19.9 Å². The van der Waals surface area contributed by atoms with Gasteiger partial charge in [0.2, 0.25) is 0 Å². The molecule has 0 saturated heterocycles. The maximum atomic E-state index is 11.9. The van der Waals surface area contributed by atoms with Gasteiger partial charge in [-0.05, 0) is 24.1 Å². The summed E-state index contributed by atoms with van der Waals surface area (Å²) in [6.07, 6.45) is 0. The van der Waals surface area contributed by atoms with Gasteiger partial charge in [-0.2, -0.15) is 0 Å². The van der Waals surface area contributed by atoms with Gasteiger partial charge < -0.3 is 16.2 Å². The Kier molecular flexibility index (Phi) is 4.55. The van der Waals surface area contributed by atoms with Gasteiger partial charge in [-0.1, -0.05) is 25.4 Å². The van der Waals surface area contributed by atoms with Crippen LogP contribution < -0.4 is 11.1 Å². The number of aliphatic carboxylic acids is 1. The molecule has 0 spiro atoms. The van der Waals surface area contributed by atoms with E-state index in [1.807, 2.05) is 0 Å². The largest absolute Gasteiger partial charge is 0.480 e. The minimum Gasteiger partial charge on any atom is -0.480 e. The average Bonchev–Trinajstić information content (AvgIpc) is 2.28. The molecule has 18 heavy (non-hydrogen) atoms. The SMILES string of the molecule is CC(C)[C@@H](NC(=O)c1ccc(Cl)c(N)c1)C(=O)O. The Balaban J connectivity index is 2.87. The van der Waals surface area contributed by atoms with Crippen LogP contribution in [0.15, 0.2) is 18.2 Å². The van der Waals surface area contributed by atoms with Crippen molar-refractivity contribution in [2.24, 2.45) is 5.92 Å². The standard InChI is InChI=1S/C12H15ClN2O3/c1-6(2)10(12(17)18)15-11(16)7-3-4-8(13)9(14)5-7/h3-6,10H,14H2,1-2H3,(H,15,16)(H,17,18)/t10-/m1/s1. The van der Waals surface area contributed by atoms with E-state index < -0.39 is 17.9 Å². The minimum atomic E-state index is -1.07. The Labute approximate surface area is 110 Å². The third kappa shape index (κ3) is 3.37. The van der Waals surface area contributed by atoms with Crippen molar-refractivity contribution in [2.75, 3.05) is 5.73 Å². The zero-order valence-electron chi connectivity index (χ0n) is 10.1. The number of carboxylic acid groups (broad SMARTS) is 1. The normalized spacial score (nSPS) is 12.2. The fourth-order valence-electron chi connectivity index (χ4n) is 1.42. The summed E-state index contributed by atoms with van der Waals surface area (Å²) in [5, 5.41) is 11.8. The number of nitrogen functional groups attached to an aromatic ring is 1. The first kappa shape index (κ1) is 14.3. The van der Waals surface area contributed by atoms with Crippen LogP contribution in [0.1, 0.15) is 24.2 Å². The van der Waals surface area contributed by atoms with Gasteiger partial charge >= 0.3 is 5.97 Å². The van der Waals surface area contributed by atoms with Crippen molar-refractivity contribution in [3.63, 3.8) is 0 Å². The highest BCUT2D eigenvalue weighted by Crippen LogP contribution is 2.19. The second-order valence-electron chi connectivity index (χ2n) is 4.27. The van der Waals surface area contributed by atoms with Crippen molar-refractivity contribution < 1.29 is 14.7 Å². The first-order chi connectivity index (χ1) is 8.32. The van der Waals surface area contributed by atoms with E-state index in [1.54, 1.807) is 13.8 Å². The van der Waals surface area contributed by atoms with Crippen LogP contribution in [0, 0.1) is 5.92 Å². The second-order valence-corrected chi connectivity index (χ2v) is 4.68. The number of benzene rings is 1. The number of rotatable bonds is 4. The van der Waals surface area contributed by atoms with E-state index >= 15 is 0 Å². The first-order valence-electron chi connectivity index (χ1n) is 5.41. The number of amides is 1. The molecule has 0 aromatic heterocycles. The summed E-state index contributed by atoms with van der Waals surface area (Å²) in [6.45, 7) is 3.44. The number of nitrogens with one attached hydrogen (secondary N) is 1. The van der Waals surface area contributed by atoms with Gasteiger partial charge in [0.1, 0.15) is 6.04 Å². The third-order valence-electron chi connectivity index (χ3n) is 2.48. The predicted molar refractivity (Wildman–Crippen MR) is 69.6 cm³/mol. The third-order valence-corrected chi connectivity index (χ3v) is 2.82. The molecule has 0 radical (unpaired) electrons. The highest BCUT2D eigenvalue weighted by atomic mass is 35.5. The number of carbonyl (C=O) groups is 2. The molecule has 0 heterocycles. The van der Waals surface area contributed by atoms with Crippen molar-refractivity contribution in [3.05, 3.63) is 28.8 Å². The van der Waals surface area contributed by atoms with Crippen molar-refractivity contribution in [1.82, 2.24) is 5.32 Å². The van der Waals surface area contributed by atoms with Gasteiger partial charge in [0.15, 0.2) is 0 Å². The number of carbonyl (C=O) groups excluding carboxylic acids is 1. The van der Waals surface area contributed by atoms with Crippen LogP contribution in [0.25, 0.3) is 0 Å². The lowest BCUT2D eigenvalue weighted by Crippen LogP contribution is -2.44. The fraction of sp³-hybridized carbons (Fsp3) is 0.333. The number of halogens is 1. The molecule has 6 heteroatoms. The molecule has 0 aliphatic carbocycles. The van der Waals surface area contributed by atoms with E-state index in [0.29, 0.717) is 5.02 Å². The van der Waals surface area contributed by atoms with Crippen LogP contribution in [0.2, 0.25) is 5.02 Å². The zero-order valence-corrected chi connectivity index (χ0v) is 10.9. The smallest absolute Gasteiger partial charge is 0.326 e. The number of nitrogens with two attached hydrogens (primary N) is 1. The summed E-state index contributed by atoms with van der Waals surface area (Å²) < 4.78 is 0. The summed E-state index contributed by atoms with van der Waals surface area (Å²) in [5.74, 6) is -1.77. The summed E-state index contributed by atoms with van der Waals surface area (Å²) in [6, 6.07) is 3.47. The molecule has 1 aromatic carbocycles. The topological polar surface area (TPSA) is 92.4 Å². The molecule has 5 nitrogen and oxygen atoms in total. The Morgan fingerprint density at radius 3 is 2.44 bits per heavy atom. The number of carboxylic acids is 1. The Morgan fingerprint density at radius 2 is 2.00 bits per heavy atom. The Morgan fingerprint density at radius 1 is 1.39 bits per heavy atom. The molecule has 4 N–H and O–H groups in total. The summed E-state index contributed by atoms with van der Waals surface area (Å²) in [5.41, 5.74) is 6.14. The highest BCUT2D eigenvalue weighted by molar-refractivity contribution is 6.33. The monoisotopic (exact) mass is 270 g/mol. The minimum absolute atomic E-state index is 0.212. The van der Waals surface area contributed by atoms with Crippen LogP contribution in [0.3, 0.4) is 0 Å². The van der Waals surface area contributed by atoms with Crippen molar-refractivity contribution in [3.8, 4) is 0 Å². The molecular weight excluding hydrogens is 256 g/mol. The van der Waals surface area contributed by atoms with Gasteiger partial charge in [0, 0.05) is 5.56 Å². The van der Waals surface area contributed by atoms with Crippen LogP contribution in [0.5, 0.6) is 0 Å². The maximum absolute atomic E-state index is 11.9. The molecule has 0 aliphatic heterocycles. The van der Waals surface area contributed by atoms with Gasteiger partial charge in [-0.15, -0.1) is 0 Å². The summed E-state index contributed by atoms with van der Waals surface area (Å²) in [4.78, 5) is 22.8. The Hall–Kier alpha value is -1.75. The van der Waals surface area contributed by atoms with Crippen LogP contribution in [-0.4, -0.2) is 23.0 Å². The van der Waals surface area contributed by atoms with Gasteiger partial charge in [-0.3, -0.25) is 4.79 Å². The molecule has 1 aromatic rings. The molecule has 98 valence electrons. The van der Waals surface area contributed by atoms with Crippen LogP contribution >= 0.6 is 11.6 Å². The number of anilines is 1. The molecule has 1 rings (SSSR count). The van der Waals surface area contributed by atoms with Gasteiger partial charge in [-0.25, -0.2) is 4.79 Å². The molecule has 0 aliphatic rings. The number of hydrogen-bond donors (Lipinski definition) is 3. The molecule has 0 saturated carbocycles. The van der Waals surface area contributed by atoms with Crippen molar-refractivity contribution >= 4 is 29.2 Å². The van der Waals surface area contributed by atoms with Crippen LogP contribution in [0.4, 0.5) is 5.69 Å². The average molecular weight is 271 g/mol. The summed E-state index contributed by atoms with van der Waals surface area (Å²) >= 11 is 5.74. The van der Waals surface area contributed by atoms with E-state index in [0.717, 1.165) is 0 Å². The highest BCUT2D eigenvalue weighted by Gasteiger charge is 2.24. The number of hydrogen-bond acceptors (Lipinski definition) is 3. The maximum Gasteiger partial charge on any atom is 0.326 e. The molecule has 0 bridgehead atoms. The first-order valence-corrected chi connectivity index (χ1v) is 5.79. The lowest BCUT2D eigenvalue weighted by molar-refractivity contribution is -0.140. The Bertz CT molecular complexity index is 474. The molecule has 0 unspecified atom stereocenters. The molecule has 1 atom stereocenters. The van der Waals surface area contributed by atoms with Crippen molar-refractivity contribution in [1.29, 1.82) is 0 Å².